The lowest BCUT2D eigenvalue weighted by atomic mass is 9.87. The van der Waals surface area contributed by atoms with Crippen molar-refractivity contribution < 1.29 is 8.78 Å². The number of benzene rings is 2. The Labute approximate surface area is 131 Å². The van der Waals surface area contributed by atoms with Gasteiger partial charge in [0.15, 0.2) is 0 Å². The summed E-state index contributed by atoms with van der Waals surface area (Å²) in [5.41, 5.74) is 2.67. The van der Waals surface area contributed by atoms with Crippen molar-refractivity contribution in [2.75, 3.05) is 0 Å². The number of hydrogen-bond donors (Lipinski definition) is 1. The summed E-state index contributed by atoms with van der Waals surface area (Å²) < 4.78 is 28.1. The molecule has 0 saturated carbocycles. The van der Waals surface area contributed by atoms with Crippen LogP contribution in [0.3, 0.4) is 0 Å². The van der Waals surface area contributed by atoms with Gasteiger partial charge in [-0.15, -0.1) is 0 Å². The molecule has 0 heterocycles. The van der Waals surface area contributed by atoms with Crippen LogP contribution in [0.15, 0.2) is 40.9 Å². The van der Waals surface area contributed by atoms with Crippen molar-refractivity contribution in [1.82, 2.24) is 5.32 Å². The van der Waals surface area contributed by atoms with Crippen molar-refractivity contribution in [2.45, 2.75) is 31.8 Å². The van der Waals surface area contributed by atoms with Gasteiger partial charge >= 0.3 is 0 Å². The summed E-state index contributed by atoms with van der Waals surface area (Å²) in [6, 6.07) is 11.1. The van der Waals surface area contributed by atoms with Crippen LogP contribution in [0.4, 0.5) is 8.78 Å². The molecule has 2 aromatic carbocycles. The molecule has 0 radical (unpaired) electrons. The smallest absolute Gasteiger partial charge is 0.144 e. The Morgan fingerprint density at radius 2 is 1.95 bits per heavy atom. The van der Waals surface area contributed by atoms with Crippen LogP contribution in [0.5, 0.6) is 0 Å². The van der Waals surface area contributed by atoms with Gasteiger partial charge in [0.2, 0.25) is 0 Å². The van der Waals surface area contributed by atoms with Gasteiger partial charge in [-0.3, -0.25) is 0 Å². The largest absolute Gasteiger partial charge is 0.306 e. The van der Waals surface area contributed by atoms with E-state index in [9.17, 15) is 8.78 Å². The van der Waals surface area contributed by atoms with Gasteiger partial charge in [0.25, 0.3) is 0 Å². The Morgan fingerprint density at radius 1 is 1.14 bits per heavy atom. The van der Waals surface area contributed by atoms with Crippen LogP contribution in [0, 0.1) is 11.6 Å². The molecule has 1 aliphatic rings. The van der Waals surface area contributed by atoms with E-state index in [1.54, 1.807) is 0 Å². The van der Waals surface area contributed by atoms with E-state index in [0.29, 0.717) is 4.47 Å². The zero-order valence-electron chi connectivity index (χ0n) is 11.5. The van der Waals surface area contributed by atoms with Gasteiger partial charge < -0.3 is 5.32 Å². The molecule has 0 amide bonds. The third-order valence-electron chi connectivity index (χ3n) is 4.03. The van der Waals surface area contributed by atoms with Crippen molar-refractivity contribution in [3.63, 3.8) is 0 Å². The van der Waals surface area contributed by atoms with Gasteiger partial charge in [-0.05, 0) is 58.5 Å². The maximum atomic E-state index is 14.0. The van der Waals surface area contributed by atoms with E-state index in [0.717, 1.165) is 19.3 Å². The zero-order chi connectivity index (χ0) is 14.8. The second-order valence-corrected chi connectivity index (χ2v) is 6.20. The van der Waals surface area contributed by atoms with Crippen LogP contribution in [-0.4, -0.2) is 0 Å². The molecule has 1 unspecified atom stereocenters. The van der Waals surface area contributed by atoms with Crippen molar-refractivity contribution in [3.8, 4) is 0 Å². The lowest BCUT2D eigenvalue weighted by Crippen LogP contribution is -2.25. The molecule has 4 heteroatoms. The first-order chi connectivity index (χ1) is 10.2. The molecule has 0 saturated heterocycles. The first-order valence-electron chi connectivity index (χ1n) is 7.10. The van der Waals surface area contributed by atoms with Gasteiger partial charge in [0.05, 0.1) is 4.47 Å². The number of aryl methyl sites for hydroxylation is 1. The summed E-state index contributed by atoms with van der Waals surface area (Å²) in [5.74, 6) is -1.03. The highest BCUT2D eigenvalue weighted by Crippen LogP contribution is 2.30. The average molecular weight is 352 g/mol. The van der Waals surface area contributed by atoms with E-state index >= 15 is 0 Å². The van der Waals surface area contributed by atoms with E-state index < -0.39 is 11.6 Å². The molecule has 2 aromatic rings. The maximum Gasteiger partial charge on any atom is 0.144 e. The fourth-order valence-electron chi connectivity index (χ4n) is 2.92. The van der Waals surface area contributed by atoms with Crippen molar-refractivity contribution >= 4 is 15.9 Å². The van der Waals surface area contributed by atoms with E-state index in [1.807, 2.05) is 12.1 Å². The minimum Gasteiger partial charge on any atom is -0.306 e. The van der Waals surface area contributed by atoms with Gasteiger partial charge in [0.1, 0.15) is 11.6 Å². The second kappa shape index (κ2) is 6.24. The molecule has 1 nitrogen and oxygen atoms in total. The topological polar surface area (TPSA) is 12.0 Å². The zero-order valence-corrected chi connectivity index (χ0v) is 13.1. The second-order valence-electron chi connectivity index (χ2n) is 5.35. The predicted molar refractivity (Wildman–Crippen MR) is 83.0 cm³/mol. The van der Waals surface area contributed by atoms with Crippen molar-refractivity contribution in [2.24, 2.45) is 0 Å². The molecule has 0 bridgehead atoms. The summed E-state index contributed by atoms with van der Waals surface area (Å²) in [5, 5.41) is 3.30. The molecule has 110 valence electrons. The quantitative estimate of drug-likeness (QED) is 0.776. The van der Waals surface area contributed by atoms with Crippen molar-refractivity contribution in [1.29, 1.82) is 0 Å². The molecule has 0 spiro atoms. The van der Waals surface area contributed by atoms with Gasteiger partial charge in [0, 0.05) is 18.2 Å². The molecule has 1 N–H and O–H groups in total. The van der Waals surface area contributed by atoms with Crippen molar-refractivity contribution in [3.05, 3.63) is 69.2 Å². The Hall–Kier alpha value is -1.26. The van der Waals surface area contributed by atoms with E-state index in [4.69, 9.17) is 0 Å². The Morgan fingerprint density at radius 3 is 2.81 bits per heavy atom. The number of nitrogens with one attached hydrogen (secondary N) is 1. The molecule has 0 aliphatic heterocycles. The molecular formula is C17H16BrF2N. The summed E-state index contributed by atoms with van der Waals surface area (Å²) in [6.45, 7) is 0.191. The molecule has 0 fully saturated rings. The highest BCUT2D eigenvalue weighted by atomic mass is 79.9. The summed E-state index contributed by atoms with van der Waals surface area (Å²) >= 11 is 3.10. The summed E-state index contributed by atoms with van der Waals surface area (Å²) in [6.07, 6.45) is 3.17. The molecule has 1 aliphatic carbocycles. The first-order valence-corrected chi connectivity index (χ1v) is 7.89. The Bertz CT molecular complexity index is 657. The maximum absolute atomic E-state index is 14.0. The minimum atomic E-state index is -0.522. The lowest BCUT2D eigenvalue weighted by Gasteiger charge is -2.26. The summed E-state index contributed by atoms with van der Waals surface area (Å²) in [4.78, 5) is 0. The molecular weight excluding hydrogens is 336 g/mol. The van der Waals surface area contributed by atoms with Crippen LogP contribution in [0.2, 0.25) is 0 Å². The lowest BCUT2D eigenvalue weighted by molar-refractivity contribution is 0.442. The van der Waals surface area contributed by atoms with Gasteiger partial charge in [-0.1, -0.05) is 24.3 Å². The molecule has 21 heavy (non-hydrogen) atoms. The number of hydrogen-bond acceptors (Lipinski definition) is 1. The van der Waals surface area contributed by atoms with Crippen LogP contribution in [0.25, 0.3) is 0 Å². The fraction of sp³-hybridized carbons (Fsp3) is 0.294. The Kier molecular flexibility index (Phi) is 4.36. The van der Waals surface area contributed by atoms with E-state index in [-0.39, 0.29) is 18.2 Å². The molecule has 3 rings (SSSR count). The highest BCUT2D eigenvalue weighted by molar-refractivity contribution is 9.10. The monoisotopic (exact) mass is 351 g/mol. The van der Waals surface area contributed by atoms with Gasteiger partial charge in [-0.2, -0.15) is 0 Å². The van der Waals surface area contributed by atoms with Crippen LogP contribution in [0.1, 0.15) is 35.6 Å². The Balaban J connectivity index is 1.79. The predicted octanol–water partition coefficient (Wildman–Crippen LogP) is 4.89. The highest BCUT2D eigenvalue weighted by Gasteiger charge is 2.20. The SMILES string of the molecule is Fc1ccc(Br)c(F)c1CNC1CCCc2ccccc21. The number of halogens is 3. The molecule has 0 aromatic heterocycles. The van der Waals surface area contributed by atoms with Crippen LogP contribution >= 0.6 is 15.9 Å². The number of rotatable bonds is 3. The van der Waals surface area contributed by atoms with Crippen LogP contribution < -0.4 is 5.32 Å². The average Bonchev–Trinajstić information content (AvgIpc) is 2.51. The molecule has 1 atom stereocenters. The van der Waals surface area contributed by atoms with E-state index in [2.05, 4.69) is 33.4 Å². The third-order valence-corrected chi connectivity index (χ3v) is 4.65. The third kappa shape index (κ3) is 3.01. The minimum absolute atomic E-state index is 0.0902. The standard InChI is InChI=1S/C17H16BrF2N/c18-14-8-9-15(19)13(17(14)20)10-21-16-7-3-5-11-4-1-2-6-12(11)16/h1-2,4,6,8-9,16,21H,3,5,7,10H2. The van der Waals surface area contributed by atoms with Gasteiger partial charge in [-0.25, -0.2) is 8.78 Å². The van der Waals surface area contributed by atoms with E-state index in [1.165, 1.54) is 23.3 Å². The fourth-order valence-corrected chi connectivity index (χ4v) is 3.29. The van der Waals surface area contributed by atoms with Crippen LogP contribution in [-0.2, 0) is 13.0 Å². The normalized spacial score (nSPS) is 17.6. The number of fused-ring (bicyclic) bond motifs is 1. The summed E-state index contributed by atoms with van der Waals surface area (Å²) in [7, 11) is 0. The first kappa shape index (κ1) is 14.7.